The predicted molar refractivity (Wildman–Crippen MR) is 111 cm³/mol. The van der Waals surface area contributed by atoms with Gasteiger partial charge in [-0.3, -0.25) is 9.69 Å². The lowest BCUT2D eigenvalue weighted by molar-refractivity contribution is -0.130. The maximum atomic E-state index is 13.0. The second kappa shape index (κ2) is 7.91. The van der Waals surface area contributed by atoms with E-state index in [4.69, 9.17) is 12.2 Å². The third-order valence-corrected chi connectivity index (χ3v) is 6.24. The van der Waals surface area contributed by atoms with Crippen LogP contribution in [0.3, 0.4) is 0 Å². The van der Waals surface area contributed by atoms with E-state index < -0.39 is 6.10 Å². The summed E-state index contributed by atoms with van der Waals surface area (Å²) in [6.45, 7) is 6.25. The van der Waals surface area contributed by atoms with Gasteiger partial charge in [0.15, 0.2) is 0 Å². The molecule has 3 rings (SSSR count). The van der Waals surface area contributed by atoms with E-state index in [1.807, 2.05) is 30.3 Å². The van der Waals surface area contributed by atoms with Gasteiger partial charge in [-0.2, -0.15) is 0 Å². The number of aliphatic hydroxyl groups is 1. The Kier molecular flexibility index (Phi) is 5.80. The summed E-state index contributed by atoms with van der Waals surface area (Å²) < 4.78 is 0.597. The third-order valence-electron chi connectivity index (χ3n) is 4.77. The van der Waals surface area contributed by atoms with E-state index in [-0.39, 0.29) is 18.4 Å². The van der Waals surface area contributed by atoms with Gasteiger partial charge in [0.05, 0.1) is 18.6 Å². The quantitative estimate of drug-likeness (QED) is 0.779. The third kappa shape index (κ3) is 3.85. The number of thioether (sulfide) groups is 1. The van der Waals surface area contributed by atoms with E-state index in [0.717, 1.165) is 11.3 Å². The molecule has 0 spiro atoms. The van der Waals surface area contributed by atoms with Gasteiger partial charge in [-0.25, -0.2) is 0 Å². The van der Waals surface area contributed by atoms with Gasteiger partial charge in [0.1, 0.15) is 4.32 Å². The predicted octanol–water partition coefficient (Wildman–Crippen LogP) is 4.64. The molecular formula is C21H23NO2S2. The van der Waals surface area contributed by atoms with Crippen LogP contribution in [0.15, 0.2) is 42.5 Å². The highest BCUT2D eigenvalue weighted by atomic mass is 32.2. The van der Waals surface area contributed by atoms with Crippen molar-refractivity contribution in [3.05, 3.63) is 70.3 Å². The normalized spacial score (nSPS) is 18.2. The number of hydrogen-bond donors (Lipinski definition) is 1. The Morgan fingerprint density at radius 2 is 1.85 bits per heavy atom. The smallest absolute Gasteiger partial charge is 0.231 e. The molecule has 2 aromatic carbocycles. The highest BCUT2D eigenvalue weighted by molar-refractivity contribution is 8.23. The molecule has 1 fully saturated rings. The number of benzene rings is 2. The Balaban J connectivity index is 1.85. The van der Waals surface area contributed by atoms with E-state index in [0.29, 0.717) is 4.32 Å². The number of nitrogens with zero attached hydrogens (tertiary/aromatic N) is 1. The highest BCUT2D eigenvalue weighted by Crippen LogP contribution is 2.39. The first-order valence-electron chi connectivity index (χ1n) is 8.68. The van der Waals surface area contributed by atoms with Gasteiger partial charge in [-0.05, 0) is 43.0 Å². The van der Waals surface area contributed by atoms with Gasteiger partial charge < -0.3 is 5.11 Å². The molecule has 0 unspecified atom stereocenters. The fraction of sp³-hybridized carbons (Fsp3) is 0.333. The number of carbonyl (C=O) groups excluding carboxylic acids is 1. The van der Waals surface area contributed by atoms with E-state index in [9.17, 15) is 9.90 Å². The minimum atomic E-state index is -0.821. The first-order chi connectivity index (χ1) is 12.4. The number of aliphatic hydroxyl groups excluding tert-OH is 1. The molecule has 1 aliphatic rings. The molecule has 136 valence electrons. The van der Waals surface area contributed by atoms with Gasteiger partial charge in [0, 0.05) is 5.75 Å². The Bertz CT molecular complexity index is 812. The van der Waals surface area contributed by atoms with Crippen molar-refractivity contribution >= 4 is 34.2 Å². The summed E-state index contributed by atoms with van der Waals surface area (Å²) in [4.78, 5) is 14.7. The molecule has 2 aromatic rings. The van der Waals surface area contributed by atoms with E-state index in [1.165, 1.54) is 34.0 Å². The summed E-state index contributed by atoms with van der Waals surface area (Å²) in [6, 6.07) is 13.5. The van der Waals surface area contributed by atoms with Crippen LogP contribution < -0.4 is 0 Å². The van der Waals surface area contributed by atoms with E-state index >= 15 is 0 Å². The van der Waals surface area contributed by atoms with Crippen LogP contribution in [-0.4, -0.2) is 26.0 Å². The average Bonchev–Trinajstić information content (AvgIpc) is 2.96. The van der Waals surface area contributed by atoms with Gasteiger partial charge in [0.2, 0.25) is 5.91 Å². The Labute approximate surface area is 164 Å². The molecule has 0 saturated carbocycles. The summed E-state index contributed by atoms with van der Waals surface area (Å²) in [5.41, 5.74) is 5.50. The molecule has 0 bridgehead atoms. The molecule has 1 amide bonds. The average molecular weight is 386 g/mol. The number of hydrogen-bond acceptors (Lipinski definition) is 4. The fourth-order valence-electron chi connectivity index (χ4n) is 3.68. The van der Waals surface area contributed by atoms with Gasteiger partial charge >= 0.3 is 0 Å². The largest absolute Gasteiger partial charge is 0.388 e. The first kappa shape index (κ1) is 19.1. The fourth-order valence-corrected chi connectivity index (χ4v) is 5.10. The molecule has 0 radical (unpaired) electrons. The van der Waals surface area contributed by atoms with Gasteiger partial charge in [0.25, 0.3) is 0 Å². The van der Waals surface area contributed by atoms with Crippen LogP contribution in [0.2, 0.25) is 0 Å². The van der Waals surface area contributed by atoms with Crippen molar-refractivity contribution in [1.82, 2.24) is 4.90 Å². The summed E-state index contributed by atoms with van der Waals surface area (Å²) in [6.07, 6.45) is -0.788. The van der Waals surface area contributed by atoms with Crippen LogP contribution in [0.5, 0.6) is 0 Å². The van der Waals surface area contributed by atoms with E-state index in [2.05, 4.69) is 32.9 Å². The minimum absolute atomic E-state index is 0.0329. The van der Waals surface area contributed by atoms with Crippen molar-refractivity contribution in [2.75, 3.05) is 5.75 Å². The van der Waals surface area contributed by atoms with Crippen molar-refractivity contribution < 1.29 is 9.90 Å². The summed E-state index contributed by atoms with van der Waals surface area (Å²) >= 11 is 7.00. The Morgan fingerprint density at radius 1 is 1.23 bits per heavy atom. The minimum Gasteiger partial charge on any atom is -0.388 e. The van der Waals surface area contributed by atoms with E-state index in [1.54, 1.807) is 4.90 Å². The van der Waals surface area contributed by atoms with Crippen molar-refractivity contribution in [2.45, 2.75) is 39.3 Å². The zero-order chi connectivity index (χ0) is 18.8. The standard InChI is InChI=1S/C21H23NO2S2/c1-13-9-14(2)20(15(3)10-13)17-12-26-21(25)22(17)19(24)11-18(23)16-7-5-4-6-8-16/h4-10,17-18,23H,11-12H2,1-3H3/t17-,18-/m1/s1. The summed E-state index contributed by atoms with van der Waals surface area (Å²) in [7, 11) is 0. The van der Waals surface area contributed by atoms with Crippen LogP contribution in [0.1, 0.15) is 46.4 Å². The molecule has 0 aromatic heterocycles. The molecule has 1 heterocycles. The lowest BCUT2D eigenvalue weighted by atomic mass is 9.94. The molecule has 1 N–H and O–H groups in total. The SMILES string of the molecule is Cc1cc(C)c([C@H]2CSC(=S)N2C(=O)C[C@@H](O)c2ccccc2)c(C)c1. The number of carbonyl (C=O) groups is 1. The van der Waals surface area contributed by atoms with Crippen molar-refractivity contribution in [3.8, 4) is 0 Å². The molecule has 3 nitrogen and oxygen atoms in total. The maximum absolute atomic E-state index is 13.0. The molecule has 2 atom stereocenters. The lowest BCUT2D eigenvalue weighted by Gasteiger charge is -2.27. The summed E-state index contributed by atoms with van der Waals surface area (Å²) in [5.74, 6) is 0.636. The van der Waals surface area contributed by atoms with Crippen LogP contribution in [0, 0.1) is 20.8 Å². The molecule has 1 saturated heterocycles. The number of thiocarbonyl (C=S) groups is 1. The summed E-state index contributed by atoms with van der Waals surface area (Å²) in [5, 5.41) is 10.4. The van der Waals surface area contributed by atoms with Gasteiger partial charge in [-0.15, -0.1) is 0 Å². The molecule has 1 aliphatic heterocycles. The maximum Gasteiger partial charge on any atom is 0.231 e. The van der Waals surface area contributed by atoms with Crippen LogP contribution in [-0.2, 0) is 4.79 Å². The zero-order valence-electron chi connectivity index (χ0n) is 15.2. The van der Waals surface area contributed by atoms with Crippen LogP contribution >= 0.6 is 24.0 Å². The van der Waals surface area contributed by atoms with Crippen LogP contribution in [0.4, 0.5) is 0 Å². The van der Waals surface area contributed by atoms with Crippen molar-refractivity contribution in [2.24, 2.45) is 0 Å². The lowest BCUT2D eigenvalue weighted by Crippen LogP contribution is -2.35. The second-order valence-corrected chi connectivity index (χ2v) is 8.45. The van der Waals surface area contributed by atoms with Gasteiger partial charge in [-0.1, -0.05) is 72.0 Å². The van der Waals surface area contributed by atoms with Crippen LogP contribution in [0.25, 0.3) is 0 Å². The zero-order valence-corrected chi connectivity index (χ0v) is 16.9. The molecular weight excluding hydrogens is 362 g/mol. The topological polar surface area (TPSA) is 40.5 Å². The molecule has 26 heavy (non-hydrogen) atoms. The molecule has 5 heteroatoms. The number of rotatable bonds is 4. The van der Waals surface area contributed by atoms with Crippen molar-refractivity contribution in [1.29, 1.82) is 0 Å². The Morgan fingerprint density at radius 3 is 2.46 bits per heavy atom. The molecule has 0 aliphatic carbocycles. The monoisotopic (exact) mass is 385 g/mol. The second-order valence-electron chi connectivity index (χ2n) is 6.80. The highest BCUT2D eigenvalue weighted by Gasteiger charge is 2.37. The Hall–Kier alpha value is -1.69. The number of aryl methyl sites for hydroxylation is 3. The first-order valence-corrected chi connectivity index (χ1v) is 10.1. The number of amides is 1. The van der Waals surface area contributed by atoms with Crippen molar-refractivity contribution in [3.63, 3.8) is 0 Å².